The van der Waals surface area contributed by atoms with E-state index in [1.807, 2.05) is 30.3 Å². The first-order valence-corrected chi connectivity index (χ1v) is 13.5. The van der Waals surface area contributed by atoms with Gasteiger partial charge in [-0.15, -0.1) is 0 Å². The Balaban J connectivity index is 1.35. The number of nitrogens with one attached hydrogen (secondary N) is 1. The van der Waals surface area contributed by atoms with Crippen molar-refractivity contribution >= 4 is 33.0 Å². The topological polar surface area (TPSA) is 133 Å². The van der Waals surface area contributed by atoms with Gasteiger partial charge in [-0.1, -0.05) is 36.4 Å². The smallest absolute Gasteiger partial charge is 0.445 e. The first-order valence-electron chi connectivity index (χ1n) is 12.1. The number of fused-ring (bicyclic) bond motifs is 1. The van der Waals surface area contributed by atoms with Crippen LogP contribution in [-0.2, 0) is 37.6 Å². The van der Waals surface area contributed by atoms with Gasteiger partial charge in [0.1, 0.15) is 6.61 Å². The molecule has 1 aliphatic carbocycles. The summed E-state index contributed by atoms with van der Waals surface area (Å²) in [4.78, 5) is 36.7. The number of aromatic nitrogens is 1. The fourth-order valence-electron chi connectivity index (χ4n) is 5.03. The average Bonchev–Trinajstić information content (AvgIpc) is 3.64. The maximum atomic E-state index is 13.9. The maximum Gasteiger partial charge on any atom is 0.509 e. The summed E-state index contributed by atoms with van der Waals surface area (Å²) in [6, 6.07) is 14.9. The molecule has 200 valence electrons. The molecule has 1 N–H and O–H groups in total. The molecule has 2 heterocycles. The van der Waals surface area contributed by atoms with Crippen LogP contribution in [0.15, 0.2) is 70.5 Å². The first-order chi connectivity index (χ1) is 18.3. The molecule has 2 aliphatic rings. The van der Waals surface area contributed by atoms with Crippen LogP contribution < -0.4 is 10.9 Å². The molecule has 1 aromatic heterocycles. The van der Waals surface area contributed by atoms with Gasteiger partial charge in [0.05, 0.1) is 23.6 Å². The van der Waals surface area contributed by atoms with Crippen LogP contribution in [-0.4, -0.2) is 54.8 Å². The van der Waals surface area contributed by atoms with E-state index >= 15 is 0 Å². The second-order valence-electron chi connectivity index (χ2n) is 9.26. The van der Waals surface area contributed by atoms with Crippen molar-refractivity contribution < 1.29 is 32.2 Å². The molecule has 0 radical (unpaired) electrons. The maximum absolute atomic E-state index is 13.9. The Kier molecular flexibility index (Phi) is 6.84. The zero-order chi connectivity index (χ0) is 26.9. The number of hydrogen-bond acceptors (Lipinski definition) is 8. The number of amides is 1. The summed E-state index contributed by atoms with van der Waals surface area (Å²) >= 11 is 0. The Morgan fingerprint density at radius 1 is 1.03 bits per heavy atom. The minimum absolute atomic E-state index is 0.00622. The summed E-state index contributed by atoms with van der Waals surface area (Å²) in [6.07, 6.45) is 1.50. The summed E-state index contributed by atoms with van der Waals surface area (Å²) in [6.45, 7) is -0.0274. The summed E-state index contributed by atoms with van der Waals surface area (Å²) in [7, 11) is -2.85. The number of carbonyl (C=O) groups is 2. The van der Waals surface area contributed by atoms with Gasteiger partial charge >= 0.3 is 12.2 Å². The van der Waals surface area contributed by atoms with E-state index in [2.05, 4.69) is 10.1 Å². The van der Waals surface area contributed by atoms with Crippen LogP contribution in [0.3, 0.4) is 0 Å². The second kappa shape index (κ2) is 10.1. The second-order valence-corrected chi connectivity index (χ2v) is 11.1. The van der Waals surface area contributed by atoms with Crippen molar-refractivity contribution in [3.8, 4) is 0 Å². The number of methoxy groups -OCH3 is 1. The van der Waals surface area contributed by atoms with E-state index in [1.54, 1.807) is 0 Å². The number of ether oxygens (including phenoxy) is 3. The van der Waals surface area contributed by atoms with Crippen molar-refractivity contribution in [2.45, 2.75) is 49.1 Å². The Morgan fingerprint density at radius 2 is 1.79 bits per heavy atom. The molecule has 1 spiro atoms. The van der Waals surface area contributed by atoms with Crippen molar-refractivity contribution in [3.05, 3.63) is 76.7 Å². The van der Waals surface area contributed by atoms with Gasteiger partial charge in [0.15, 0.2) is 6.73 Å². The lowest BCUT2D eigenvalue weighted by Crippen LogP contribution is -2.48. The lowest BCUT2D eigenvalue weighted by Gasteiger charge is -2.28. The minimum Gasteiger partial charge on any atom is -0.445 e. The van der Waals surface area contributed by atoms with E-state index in [9.17, 15) is 22.8 Å². The Morgan fingerprint density at radius 3 is 2.50 bits per heavy atom. The Hall–Kier alpha value is -3.90. The SMILES string of the molecule is COC(=O)OCn1ccc2c(S(=O)(=O)N3CCC(NC(=O)OCc4ccccc4)C34CC4)cccc2c1=O. The molecule has 38 heavy (non-hydrogen) atoms. The van der Waals surface area contributed by atoms with Crippen LogP contribution in [0.5, 0.6) is 0 Å². The van der Waals surface area contributed by atoms with Gasteiger partial charge in [0, 0.05) is 23.5 Å². The molecule has 12 heteroatoms. The molecule has 1 atom stereocenters. The monoisotopic (exact) mass is 541 g/mol. The van der Waals surface area contributed by atoms with E-state index in [1.165, 1.54) is 34.8 Å². The molecule has 1 unspecified atom stereocenters. The summed E-state index contributed by atoms with van der Waals surface area (Å²) in [5, 5.41) is 3.30. The van der Waals surface area contributed by atoms with E-state index < -0.39 is 33.4 Å². The zero-order valence-corrected chi connectivity index (χ0v) is 21.5. The fourth-order valence-corrected chi connectivity index (χ4v) is 7.10. The highest BCUT2D eigenvalue weighted by atomic mass is 32.2. The number of alkyl carbamates (subject to hydrolysis) is 1. The van der Waals surface area contributed by atoms with Crippen LogP contribution in [0, 0.1) is 0 Å². The number of pyridine rings is 1. The molecule has 5 rings (SSSR count). The third kappa shape index (κ3) is 4.72. The van der Waals surface area contributed by atoms with Crippen molar-refractivity contribution in [1.82, 2.24) is 14.2 Å². The molecular formula is C26H27N3O8S. The van der Waals surface area contributed by atoms with Crippen LogP contribution in [0.4, 0.5) is 9.59 Å². The van der Waals surface area contributed by atoms with Crippen LogP contribution in [0.2, 0.25) is 0 Å². The van der Waals surface area contributed by atoms with Crippen molar-refractivity contribution in [2.75, 3.05) is 13.7 Å². The van der Waals surface area contributed by atoms with Crippen LogP contribution >= 0.6 is 0 Å². The molecule has 0 bridgehead atoms. The molecule has 2 fully saturated rings. The van der Waals surface area contributed by atoms with E-state index in [0.29, 0.717) is 19.3 Å². The predicted octanol–water partition coefficient (Wildman–Crippen LogP) is 2.96. The molecule has 1 aliphatic heterocycles. The number of hydrogen-bond donors (Lipinski definition) is 1. The highest BCUT2D eigenvalue weighted by Gasteiger charge is 2.62. The third-order valence-corrected chi connectivity index (χ3v) is 9.11. The molecule has 11 nitrogen and oxygen atoms in total. The van der Waals surface area contributed by atoms with Crippen LogP contribution in [0.25, 0.3) is 10.8 Å². The zero-order valence-electron chi connectivity index (χ0n) is 20.7. The van der Waals surface area contributed by atoms with Gasteiger partial charge in [0.2, 0.25) is 10.0 Å². The molecule has 1 amide bonds. The number of carbonyl (C=O) groups excluding carboxylic acids is 2. The fraction of sp³-hybridized carbons (Fsp3) is 0.346. The van der Waals surface area contributed by atoms with E-state index in [0.717, 1.165) is 17.2 Å². The van der Waals surface area contributed by atoms with Gasteiger partial charge in [-0.05, 0) is 43.0 Å². The average molecular weight is 542 g/mol. The highest BCUT2D eigenvalue weighted by molar-refractivity contribution is 7.89. The van der Waals surface area contributed by atoms with Gasteiger partial charge in [-0.3, -0.25) is 9.36 Å². The van der Waals surface area contributed by atoms with Crippen molar-refractivity contribution in [1.29, 1.82) is 0 Å². The molecule has 1 saturated carbocycles. The lowest BCUT2D eigenvalue weighted by atomic mass is 10.1. The standard InChI is InChI=1S/C26H27N3O8S/c1-35-25(32)37-17-28-14-10-19-20(23(28)30)8-5-9-21(19)38(33,34)29-15-11-22(26(29)12-13-26)27-24(31)36-16-18-6-3-2-4-7-18/h2-10,14,22H,11-13,15-17H2,1H3,(H,27,31). The van der Waals surface area contributed by atoms with Gasteiger partial charge in [0.25, 0.3) is 5.56 Å². The first kappa shape index (κ1) is 25.7. The van der Waals surface area contributed by atoms with Gasteiger partial charge in [-0.25, -0.2) is 18.0 Å². The summed E-state index contributed by atoms with van der Waals surface area (Å²) in [5.41, 5.74) is -0.381. The lowest BCUT2D eigenvalue weighted by molar-refractivity contribution is 0.0477. The third-order valence-electron chi connectivity index (χ3n) is 7.07. The molecule has 1 saturated heterocycles. The van der Waals surface area contributed by atoms with Crippen LogP contribution in [0.1, 0.15) is 24.8 Å². The van der Waals surface area contributed by atoms with E-state index in [4.69, 9.17) is 9.47 Å². The number of benzene rings is 2. The van der Waals surface area contributed by atoms with Gasteiger partial charge < -0.3 is 19.5 Å². The molecule has 3 aromatic rings. The quantitative estimate of drug-likeness (QED) is 0.452. The number of sulfonamides is 1. The normalized spacial score (nSPS) is 18.3. The predicted molar refractivity (Wildman–Crippen MR) is 136 cm³/mol. The van der Waals surface area contributed by atoms with E-state index in [-0.39, 0.29) is 41.6 Å². The van der Waals surface area contributed by atoms with Crippen molar-refractivity contribution in [3.63, 3.8) is 0 Å². The molecular weight excluding hydrogens is 514 g/mol. The number of rotatable bonds is 7. The highest BCUT2D eigenvalue weighted by Crippen LogP contribution is 2.52. The minimum atomic E-state index is -4.01. The number of nitrogens with zero attached hydrogens (tertiary/aromatic N) is 2. The Labute approximate surface area is 218 Å². The summed E-state index contributed by atoms with van der Waals surface area (Å²) in [5.74, 6) is 0. The van der Waals surface area contributed by atoms with Gasteiger partial charge in [-0.2, -0.15) is 4.31 Å². The Bertz CT molecular complexity index is 1530. The largest absolute Gasteiger partial charge is 0.509 e. The summed E-state index contributed by atoms with van der Waals surface area (Å²) < 4.78 is 45.0. The molecule has 2 aromatic carbocycles. The van der Waals surface area contributed by atoms with Crippen molar-refractivity contribution in [2.24, 2.45) is 0 Å².